The van der Waals surface area contributed by atoms with Gasteiger partial charge in [-0.3, -0.25) is 4.79 Å². The Bertz CT molecular complexity index is 528. The largest absolute Gasteiger partial charge is 0.396 e. The lowest BCUT2D eigenvalue weighted by molar-refractivity contribution is 0.0714. The molecule has 1 aliphatic carbocycles. The number of aliphatic hydroxyl groups is 2. The molecule has 1 aromatic carbocycles. The molecule has 0 saturated heterocycles. The van der Waals surface area contributed by atoms with Crippen molar-refractivity contribution in [1.82, 2.24) is 5.32 Å². The van der Waals surface area contributed by atoms with Crippen molar-refractivity contribution in [2.24, 2.45) is 11.8 Å². The number of aliphatic hydroxyl groups excluding tert-OH is 1. The fraction of sp³-hybridized carbons (Fsp3) is 0.650. The SMILES string of the molecule is CC(C)(O)CCc1cccc(C(=O)NCC2CCC(CO)CC2)c1. The molecule has 2 rings (SSSR count). The van der Waals surface area contributed by atoms with E-state index in [-0.39, 0.29) is 12.5 Å². The molecule has 24 heavy (non-hydrogen) atoms. The molecule has 3 N–H and O–H groups in total. The molecule has 1 fully saturated rings. The van der Waals surface area contributed by atoms with Crippen LogP contribution in [0.3, 0.4) is 0 Å². The number of carbonyl (C=O) groups is 1. The van der Waals surface area contributed by atoms with Crippen molar-refractivity contribution in [2.45, 2.75) is 58.0 Å². The van der Waals surface area contributed by atoms with Crippen LogP contribution >= 0.6 is 0 Å². The third-order valence-electron chi connectivity index (χ3n) is 4.99. The highest BCUT2D eigenvalue weighted by molar-refractivity contribution is 5.94. The number of hydrogen-bond acceptors (Lipinski definition) is 3. The minimum absolute atomic E-state index is 0.0237. The van der Waals surface area contributed by atoms with E-state index in [1.165, 1.54) is 0 Å². The van der Waals surface area contributed by atoms with Crippen LogP contribution in [0, 0.1) is 11.8 Å². The van der Waals surface area contributed by atoms with Crippen LogP contribution < -0.4 is 5.32 Å². The third kappa shape index (κ3) is 6.25. The molecule has 0 heterocycles. The van der Waals surface area contributed by atoms with Gasteiger partial charge in [0, 0.05) is 18.7 Å². The van der Waals surface area contributed by atoms with Crippen LogP contribution in [0.25, 0.3) is 0 Å². The van der Waals surface area contributed by atoms with Gasteiger partial charge in [0.1, 0.15) is 0 Å². The van der Waals surface area contributed by atoms with Crippen molar-refractivity contribution in [1.29, 1.82) is 0 Å². The summed E-state index contributed by atoms with van der Waals surface area (Å²) in [6, 6.07) is 7.66. The molecule has 1 aliphatic rings. The Morgan fingerprint density at radius 3 is 2.50 bits per heavy atom. The van der Waals surface area contributed by atoms with E-state index in [1.54, 1.807) is 13.8 Å². The van der Waals surface area contributed by atoms with Gasteiger partial charge in [0.25, 0.3) is 5.91 Å². The topological polar surface area (TPSA) is 69.6 Å². The maximum absolute atomic E-state index is 12.4. The van der Waals surface area contributed by atoms with Gasteiger partial charge in [-0.05, 0) is 81.9 Å². The van der Waals surface area contributed by atoms with Crippen molar-refractivity contribution in [3.63, 3.8) is 0 Å². The molecule has 0 bridgehead atoms. The van der Waals surface area contributed by atoms with Crippen molar-refractivity contribution >= 4 is 5.91 Å². The highest BCUT2D eigenvalue weighted by atomic mass is 16.3. The number of amides is 1. The maximum atomic E-state index is 12.4. The molecule has 0 aliphatic heterocycles. The van der Waals surface area contributed by atoms with Gasteiger partial charge in [-0.2, -0.15) is 0 Å². The molecular weight excluding hydrogens is 302 g/mol. The Hall–Kier alpha value is -1.39. The molecule has 4 heteroatoms. The van der Waals surface area contributed by atoms with Crippen LogP contribution in [0.15, 0.2) is 24.3 Å². The normalized spacial score (nSPS) is 21.5. The zero-order valence-corrected chi connectivity index (χ0v) is 14.9. The Kier molecular flexibility index (Phi) is 6.81. The summed E-state index contributed by atoms with van der Waals surface area (Å²) < 4.78 is 0. The van der Waals surface area contributed by atoms with E-state index < -0.39 is 5.60 Å². The van der Waals surface area contributed by atoms with Crippen LogP contribution in [0.5, 0.6) is 0 Å². The average molecular weight is 333 g/mol. The minimum atomic E-state index is -0.689. The Labute approximate surface area is 145 Å². The Balaban J connectivity index is 1.82. The minimum Gasteiger partial charge on any atom is -0.396 e. The molecule has 0 radical (unpaired) electrons. The van der Waals surface area contributed by atoms with Gasteiger partial charge < -0.3 is 15.5 Å². The van der Waals surface area contributed by atoms with Gasteiger partial charge in [-0.1, -0.05) is 12.1 Å². The van der Waals surface area contributed by atoms with E-state index >= 15 is 0 Å². The molecular formula is C20H31NO3. The summed E-state index contributed by atoms with van der Waals surface area (Å²) in [5, 5.41) is 22.1. The smallest absolute Gasteiger partial charge is 0.251 e. The van der Waals surface area contributed by atoms with Crippen LogP contribution in [0.4, 0.5) is 0 Å². The second kappa shape index (κ2) is 8.63. The summed E-state index contributed by atoms with van der Waals surface area (Å²) in [7, 11) is 0. The zero-order chi connectivity index (χ0) is 17.6. The molecule has 0 aromatic heterocycles. The van der Waals surface area contributed by atoms with Crippen molar-refractivity contribution in [3.8, 4) is 0 Å². The summed E-state index contributed by atoms with van der Waals surface area (Å²) in [6.07, 6.45) is 5.71. The summed E-state index contributed by atoms with van der Waals surface area (Å²) in [6.45, 7) is 4.60. The summed E-state index contributed by atoms with van der Waals surface area (Å²) in [5.74, 6) is 0.948. The molecule has 0 atom stereocenters. The molecule has 0 unspecified atom stereocenters. The second-order valence-corrected chi connectivity index (χ2v) is 7.79. The number of rotatable bonds is 7. The van der Waals surface area contributed by atoms with Gasteiger partial charge in [0.2, 0.25) is 0 Å². The Morgan fingerprint density at radius 1 is 1.21 bits per heavy atom. The fourth-order valence-corrected chi connectivity index (χ4v) is 3.28. The number of nitrogens with one attached hydrogen (secondary N) is 1. The monoisotopic (exact) mass is 333 g/mol. The number of benzene rings is 1. The molecule has 0 spiro atoms. The predicted octanol–water partition coefficient (Wildman–Crippen LogP) is 2.92. The van der Waals surface area contributed by atoms with Gasteiger partial charge in [0.05, 0.1) is 5.60 Å². The summed E-state index contributed by atoms with van der Waals surface area (Å²) >= 11 is 0. The van der Waals surface area contributed by atoms with Crippen LogP contribution in [-0.4, -0.2) is 34.9 Å². The fourth-order valence-electron chi connectivity index (χ4n) is 3.28. The first-order chi connectivity index (χ1) is 11.4. The lowest BCUT2D eigenvalue weighted by atomic mass is 9.82. The van der Waals surface area contributed by atoms with E-state index in [0.717, 1.165) is 37.7 Å². The highest BCUT2D eigenvalue weighted by Gasteiger charge is 2.21. The first kappa shape index (κ1) is 18.9. The molecule has 1 amide bonds. The maximum Gasteiger partial charge on any atom is 0.251 e. The van der Waals surface area contributed by atoms with Gasteiger partial charge in [0.15, 0.2) is 0 Å². The number of hydrogen-bond donors (Lipinski definition) is 3. The summed E-state index contributed by atoms with van der Waals surface area (Å²) in [5.41, 5.74) is 1.08. The van der Waals surface area contributed by atoms with Crippen LogP contribution in [-0.2, 0) is 6.42 Å². The Morgan fingerprint density at radius 2 is 1.88 bits per heavy atom. The van der Waals surface area contributed by atoms with Gasteiger partial charge in [-0.15, -0.1) is 0 Å². The standard InChI is InChI=1S/C20H31NO3/c1-20(2,24)11-10-15-4-3-5-18(12-15)19(23)21-13-16-6-8-17(14-22)9-7-16/h3-5,12,16-17,22,24H,6-11,13-14H2,1-2H3,(H,21,23). The highest BCUT2D eigenvalue weighted by Crippen LogP contribution is 2.27. The number of aryl methyl sites for hydroxylation is 1. The van der Waals surface area contributed by atoms with Crippen molar-refractivity contribution in [2.75, 3.05) is 13.2 Å². The van der Waals surface area contributed by atoms with Crippen molar-refractivity contribution < 1.29 is 15.0 Å². The number of carbonyl (C=O) groups excluding carboxylic acids is 1. The first-order valence-electron chi connectivity index (χ1n) is 9.08. The van der Waals surface area contributed by atoms with E-state index in [1.807, 2.05) is 24.3 Å². The van der Waals surface area contributed by atoms with Gasteiger partial charge >= 0.3 is 0 Å². The summed E-state index contributed by atoms with van der Waals surface area (Å²) in [4.78, 5) is 12.4. The van der Waals surface area contributed by atoms with Crippen LogP contribution in [0.1, 0.15) is 61.9 Å². The molecule has 1 saturated carbocycles. The molecule has 1 aromatic rings. The van der Waals surface area contributed by atoms with E-state index in [2.05, 4.69) is 5.32 Å². The van der Waals surface area contributed by atoms with E-state index in [4.69, 9.17) is 0 Å². The third-order valence-corrected chi connectivity index (χ3v) is 4.99. The zero-order valence-electron chi connectivity index (χ0n) is 14.9. The predicted molar refractivity (Wildman–Crippen MR) is 95.9 cm³/mol. The lowest BCUT2D eigenvalue weighted by Gasteiger charge is -2.27. The van der Waals surface area contributed by atoms with E-state index in [0.29, 0.717) is 30.4 Å². The average Bonchev–Trinajstić information content (AvgIpc) is 2.58. The van der Waals surface area contributed by atoms with E-state index in [9.17, 15) is 15.0 Å². The van der Waals surface area contributed by atoms with Crippen LogP contribution in [0.2, 0.25) is 0 Å². The molecule has 134 valence electrons. The molecule has 4 nitrogen and oxygen atoms in total. The van der Waals surface area contributed by atoms with Crippen molar-refractivity contribution in [3.05, 3.63) is 35.4 Å². The second-order valence-electron chi connectivity index (χ2n) is 7.79. The first-order valence-corrected chi connectivity index (χ1v) is 9.08. The van der Waals surface area contributed by atoms with Gasteiger partial charge in [-0.25, -0.2) is 0 Å². The lowest BCUT2D eigenvalue weighted by Crippen LogP contribution is -2.31. The quantitative estimate of drug-likeness (QED) is 0.718.